The fourth-order valence-corrected chi connectivity index (χ4v) is 1.29. The van der Waals surface area contributed by atoms with Crippen LogP contribution in [0, 0.1) is 0 Å². The normalized spacial score (nSPS) is 9.93. The van der Waals surface area contributed by atoms with Gasteiger partial charge in [-0.2, -0.15) is 0 Å². The molecule has 0 atom stereocenters. The average molecular weight is 214 g/mol. The molecule has 0 aliphatic carbocycles. The number of halogens is 1. The maximum atomic E-state index is 11.5. The van der Waals surface area contributed by atoms with E-state index < -0.39 is 0 Å². The molecule has 1 aromatic rings. The molecule has 0 saturated heterocycles. The van der Waals surface area contributed by atoms with Gasteiger partial charge in [0.2, 0.25) is 0 Å². The molecule has 0 spiro atoms. The second-order valence-electron chi connectivity index (χ2n) is 2.72. The summed E-state index contributed by atoms with van der Waals surface area (Å²) in [6.07, 6.45) is 2.22. The first-order valence-corrected chi connectivity index (χ1v) is 4.88. The number of carbonyl (C=O) groups excluding carboxylic acids is 1. The van der Waals surface area contributed by atoms with Crippen molar-refractivity contribution in [2.24, 2.45) is 0 Å². The van der Waals surface area contributed by atoms with Gasteiger partial charge < -0.3 is 4.74 Å². The van der Waals surface area contributed by atoms with Gasteiger partial charge in [-0.1, -0.05) is 18.5 Å². The van der Waals surface area contributed by atoms with E-state index in [4.69, 9.17) is 16.3 Å². The predicted octanol–water partition coefficient (Wildman–Crippen LogP) is 2.47. The highest BCUT2D eigenvalue weighted by Gasteiger charge is 2.12. The Balaban J connectivity index is 3.03. The first-order valence-electron chi connectivity index (χ1n) is 4.50. The van der Waals surface area contributed by atoms with Crippen LogP contribution in [0.15, 0.2) is 12.3 Å². The number of hydrogen-bond acceptors (Lipinski definition) is 3. The Labute approximate surface area is 88.1 Å². The van der Waals surface area contributed by atoms with Crippen molar-refractivity contribution >= 4 is 17.6 Å². The van der Waals surface area contributed by atoms with Crippen LogP contribution in [0.25, 0.3) is 0 Å². The van der Waals surface area contributed by atoms with Gasteiger partial charge in [-0.3, -0.25) is 4.98 Å². The van der Waals surface area contributed by atoms with E-state index >= 15 is 0 Å². The maximum Gasteiger partial charge on any atom is 0.340 e. The molecule has 0 bridgehead atoms. The van der Waals surface area contributed by atoms with Gasteiger partial charge >= 0.3 is 5.97 Å². The summed E-state index contributed by atoms with van der Waals surface area (Å²) in [4.78, 5) is 15.5. The van der Waals surface area contributed by atoms with E-state index in [9.17, 15) is 4.79 Å². The fourth-order valence-electron chi connectivity index (χ4n) is 1.13. The lowest BCUT2D eigenvalue weighted by Crippen LogP contribution is -2.09. The molecule has 0 aliphatic heterocycles. The second kappa shape index (κ2) is 4.96. The van der Waals surface area contributed by atoms with Crippen molar-refractivity contribution in [2.45, 2.75) is 20.3 Å². The molecule has 0 aliphatic rings. The lowest BCUT2D eigenvalue weighted by Gasteiger charge is -2.06. The second-order valence-corrected chi connectivity index (χ2v) is 3.16. The van der Waals surface area contributed by atoms with Gasteiger partial charge in [0.05, 0.1) is 22.9 Å². The maximum absolute atomic E-state index is 11.5. The molecular weight excluding hydrogens is 202 g/mol. The van der Waals surface area contributed by atoms with Crippen molar-refractivity contribution in [3.63, 3.8) is 0 Å². The van der Waals surface area contributed by atoms with Crippen LogP contribution in [0.5, 0.6) is 0 Å². The average Bonchev–Trinajstić information content (AvgIpc) is 2.18. The van der Waals surface area contributed by atoms with E-state index in [1.54, 1.807) is 13.0 Å². The summed E-state index contributed by atoms with van der Waals surface area (Å²) < 4.78 is 4.89. The molecule has 0 saturated carbocycles. The van der Waals surface area contributed by atoms with Crippen molar-refractivity contribution in [3.05, 3.63) is 28.5 Å². The third-order valence-electron chi connectivity index (χ3n) is 1.77. The number of aryl methyl sites for hydroxylation is 1. The van der Waals surface area contributed by atoms with E-state index in [1.165, 1.54) is 6.20 Å². The van der Waals surface area contributed by atoms with Crippen molar-refractivity contribution in [2.75, 3.05) is 6.61 Å². The van der Waals surface area contributed by atoms with Crippen LogP contribution in [-0.2, 0) is 11.2 Å². The van der Waals surface area contributed by atoms with E-state index in [0.29, 0.717) is 29.3 Å². The minimum Gasteiger partial charge on any atom is -0.462 e. The Bertz CT molecular complexity index is 339. The topological polar surface area (TPSA) is 39.2 Å². The Morgan fingerprint density at radius 3 is 2.86 bits per heavy atom. The van der Waals surface area contributed by atoms with Crippen molar-refractivity contribution in [1.29, 1.82) is 0 Å². The smallest absolute Gasteiger partial charge is 0.340 e. The van der Waals surface area contributed by atoms with Crippen molar-refractivity contribution < 1.29 is 9.53 Å². The standard InChI is InChI=1S/C10H12ClNO2/c1-3-9-8(10(13)14-4-2)5-7(11)6-12-9/h5-6H,3-4H2,1-2H3. The number of pyridine rings is 1. The molecule has 0 fully saturated rings. The highest BCUT2D eigenvalue weighted by molar-refractivity contribution is 6.30. The molecule has 1 aromatic heterocycles. The van der Waals surface area contributed by atoms with E-state index in [0.717, 1.165) is 0 Å². The molecule has 1 rings (SSSR count). The van der Waals surface area contributed by atoms with Crippen molar-refractivity contribution in [1.82, 2.24) is 4.98 Å². The number of rotatable bonds is 3. The largest absolute Gasteiger partial charge is 0.462 e. The Morgan fingerprint density at radius 1 is 1.57 bits per heavy atom. The van der Waals surface area contributed by atoms with Gasteiger partial charge in [0.15, 0.2) is 0 Å². The van der Waals surface area contributed by atoms with Crippen LogP contribution in [0.2, 0.25) is 5.02 Å². The molecule has 14 heavy (non-hydrogen) atoms. The van der Waals surface area contributed by atoms with Crippen LogP contribution in [0.4, 0.5) is 0 Å². The quantitative estimate of drug-likeness (QED) is 0.725. The fraction of sp³-hybridized carbons (Fsp3) is 0.400. The molecule has 0 aromatic carbocycles. The molecule has 0 amide bonds. The third-order valence-corrected chi connectivity index (χ3v) is 1.97. The zero-order valence-corrected chi connectivity index (χ0v) is 8.97. The van der Waals surface area contributed by atoms with Crippen molar-refractivity contribution in [3.8, 4) is 0 Å². The minimum atomic E-state index is -0.362. The molecule has 0 radical (unpaired) electrons. The van der Waals surface area contributed by atoms with Crippen LogP contribution >= 0.6 is 11.6 Å². The summed E-state index contributed by atoms with van der Waals surface area (Å²) in [5.41, 5.74) is 1.18. The molecule has 4 heteroatoms. The molecule has 0 unspecified atom stereocenters. The highest BCUT2D eigenvalue weighted by atomic mass is 35.5. The van der Waals surface area contributed by atoms with Crippen LogP contribution in [0.3, 0.4) is 0 Å². The van der Waals surface area contributed by atoms with Crippen LogP contribution < -0.4 is 0 Å². The molecule has 1 heterocycles. The van der Waals surface area contributed by atoms with Gasteiger partial charge in [0.25, 0.3) is 0 Å². The summed E-state index contributed by atoms with van der Waals surface area (Å²) in [5.74, 6) is -0.362. The molecular formula is C10H12ClNO2. The van der Waals surface area contributed by atoms with E-state index in [-0.39, 0.29) is 5.97 Å². The number of ether oxygens (including phenoxy) is 1. The number of esters is 1. The zero-order chi connectivity index (χ0) is 10.6. The third kappa shape index (κ3) is 2.45. The van der Waals surface area contributed by atoms with Gasteiger partial charge in [-0.05, 0) is 19.4 Å². The lowest BCUT2D eigenvalue weighted by atomic mass is 10.1. The van der Waals surface area contributed by atoms with Gasteiger partial charge in [-0.25, -0.2) is 4.79 Å². The summed E-state index contributed by atoms with van der Waals surface area (Å²) in [6.45, 7) is 4.05. The monoisotopic (exact) mass is 213 g/mol. The Morgan fingerprint density at radius 2 is 2.29 bits per heavy atom. The first-order chi connectivity index (χ1) is 6.69. The molecule has 3 nitrogen and oxygen atoms in total. The first kappa shape index (κ1) is 11.0. The molecule has 76 valence electrons. The van der Waals surface area contributed by atoms with Gasteiger partial charge in [0.1, 0.15) is 0 Å². The van der Waals surface area contributed by atoms with Crippen LogP contribution in [-0.4, -0.2) is 17.6 Å². The van der Waals surface area contributed by atoms with Crippen LogP contribution in [0.1, 0.15) is 29.9 Å². The number of nitrogens with zero attached hydrogens (tertiary/aromatic N) is 1. The summed E-state index contributed by atoms with van der Waals surface area (Å²) in [7, 11) is 0. The highest BCUT2D eigenvalue weighted by Crippen LogP contribution is 2.14. The molecule has 0 N–H and O–H groups in total. The van der Waals surface area contributed by atoms with E-state index in [1.807, 2.05) is 6.92 Å². The van der Waals surface area contributed by atoms with Gasteiger partial charge in [0, 0.05) is 6.20 Å². The van der Waals surface area contributed by atoms with Gasteiger partial charge in [-0.15, -0.1) is 0 Å². The predicted molar refractivity (Wildman–Crippen MR) is 54.6 cm³/mol. The lowest BCUT2D eigenvalue weighted by molar-refractivity contribution is 0.0524. The number of aromatic nitrogens is 1. The summed E-state index contributed by atoms with van der Waals surface area (Å²) >= 11 is 5.75. The summed E-state index contributed by atoms with van der Waals surface area (Å²) in [5, 5.41) is 0.449. The number of carbonyl (C=O) groups is 1. The minimum absolute atomic E-state index is 0.356. The van der Waals surface area contributed by atoms with E-state index in [2.05, 4.69) is 4.98 Å². The number of hydrogen-bond donors (Lipinski definition) is 0. The SMILES string of the molecule is CCOC(=O)c1cc(Cl)cnc1CC. The Kier molecular flexibility index (Phi) is 3.89. The zero-order valence-electron chi connectivity index (χ0n) is 8.21. The summed E-state index contributed by atoms with van der Waals surface area (Å²) in [6, 6.07) is 1.59. The Hall–Kier alpha value is -1.09.